The minimum atomic E-state index is -0.507. The van der Waals surface area contributed by atoms with E-state index in [1.165, 1.54) is 17.5 Å². The van der Waals surface area contributed by atoms with Gasteiger partial charge >= 0.3 is 12.1 Å². The highest BCUT2D eigenvalue weighted by atomic mass is 16.6. The lowest BCUT2D eigenvalue weighted by Crippen LogP contribution is -2.55. The maximum Gasteiger partial charge on any atom is 0.410 e. The molecule has 2 aromatic rings. The van der Waals surface area contributed by atoms with E-state index in [-0.39, 0.29) is 12.1 Å². The van der Waals surface area contributed by atoms with Crippen LogP contribution in [0.4, 0.5) is 10.6 Å². The van der Waals surface area contributed by atoms with Gasteiger partial charge in [-0.2, -0.15) is 9.97 Å². The molecule has 0 bridgehead atoms. The van der Waals surface area contributed by atoms with E-state index in [9.17, 15) is 4.79 Å². The molecule has 0 unspecified atom stereocenters. The maximum atomic E-state index is 12.8. The van der Waals surface area contributed by atoms with E-state index in [2.05, 4.69) is 59.0 Å². The standard InChI is InChI=1S/C31H46N6O3/c1-23-19-36(30(38)40-31(2,3)4)17-18-37(23)28-26-14-10-16-35(20-24-11-7-6-8-12-24)21-27(26)32-29(33-28)39-22-25-13-9-15-34(25)5/h6-8,11-12,23,25H,9-10,13-22H2,1-5H3/t23-,25-/m0/s1. The molecular formula is C31H46N6O3. The van der Waals surface area contributed by atoms with Crippen molar-refractivity contribution in [1.82, 2.24) is 24.7 Å². The molecule has 3 aliphatic heterocycles. The van der Waals surface area contributed by atoms with Gasteiger partial charge in [0.15, 0.2) is 0 Å². The molecule has 9 heteroatoms. The molecule has 0 saturated carbocycles. The molecule has 0 spiro atoms. The van der Waals surface area contributed by atoms with E-state index >= 15 is 0 Å². The Balaban J connectivity index is 1.38. The summed E-state index contributed by atoms with van der Waals surface area (Å²) in [5.74, 6) is 0.970. The van der Waals surface area contributed by atoms with Gasteiger partial charge in [-0.1, -0.05) is 30.3 Å². The lowest BCUT2D eigenvalue weighted by molar-refractivity contribution is 0.0218. The number of hydrogen-bond donors (Lipinski definition) is 0. The number of aromatic nitrogens is 2. The van der Waals surface area contributed by atoms with Crippen LogP contribution in [0.5, 0.6) is 6.01 Å². The van der Waals surface area contributed by atoms with Crippen molar-refractivity contribution in [3.05, 3.63) is 47.2 Å². The monoisotopic (exact) mass is 550 g/mol. The minimum absolute atomic E-state index is 0.0951. The molecule has 4 heterocycles. The van der Waals surface area contributed by atoms with Crippen molar-refractivity contribution < 1.29 is 14.3 Å². The van der Waals surface area contributed by atoms with Gasteiger partial charge in [0.25, 0.3) is 0 Å². The van der Waals surface area contributed by atoms with Gasteiger partial charge in [-0.25, -0.2) is 4.79 Å². The molecule has 1 aromatic carbocycles. The van der Waals surface area contributed by atoms with Crippen LogP contribution in [0.1, 0.15) is 63.8 Å². The third-order valence-electron chi connectivity index (χ3n) is 8.20. The van der Waals surface area contributed by atoms with Gasteiger partial charge in [0, 0.05) is 50.4 Å². The number of benzene rings is 1. The van der Waals surface area contributed by atoms with Crippen molar-refractivity contribution in [1.29, 1.82) is 0 Å². The van der Waals surface area contributed by atoms with E-state index < -0.39 is 5.60 Å². The number of anilines is 1. The fourth-order valence-electron chi connectivity index (χ4n) is 6.06. The Morgan fingerprint density at radius 1 is 1.05 bits per heavy atom. The number of piperazine rings is 1. The predicted octanol–water partition coefficient (Wildman–Crippen LogP) is 4.34. The highest BCUT2D eigenvalue weighted by molar-refractivity contribution is 5.69. The summed E-state index contributed by atoms with van der Waals surface area (Å²) < 4.78 is 12.0. The molecule has 0 aliphatic carbocycles. The minimum Gasteiger partial charge on any atom is -0.462 e. The summed E-state index contributed by atoms with van der Waals surface area (Å²) in [7, 11) is 2.16. The summed E-state index contributed by atoms with van der Waals surface area (Å²) in [5.41, 5.74) is 3.09. The number of amides is 1. The Morgan fingerprint density at radius 2 is 1.85 bits per heavy atom. The van der Waals surface area contributed by atoms with Crippen LogP contribution in [0.2, 0.25) is 0 Å². The summed E-state index contributed by atoms with van der Waals surface area (Å²) in [6.45, 7) is 14.2. The second-order valence-corrected chi connectivity index (χ2v) is 12.6. The first kappa shape index (κ1) is 28.6. The largest absolute Gasteiger partial charge is 0.462 e. The average Bonchev–Trinajstić information content (AvgIpc) is 3.21. The molecule has 218 valence electrons. The van der Waals surface area contributed by atoms with Crippen LogP contribution in [0.15, 0.2) is 30.3 Å². The Labute approximate surface area is 239 Å². The molecular weight excluding hydrogens is 504 g/mol. The van der Waals surface area contributed by atoms with Crippen LogP contribution in [0, 0.1) is 0 Å². The van der Waals surface area contributed by atoms with Gasteiger partial charge < -0.3 is 24.2 Å². The molecule has 2 fully saturated rings. The second-order valence-electron chi connectivity index (χ2n) is 12.6. The molecule has 40 heavy (non-hydrogen) atoms. The zero-order chi connectivity index (χ0) is 28.3. The summed E-state index contributed by atoms with van der Waals surface area (Å²) in [5, 5.41) is 0. The fraction of sp³-hybridized carbons (Fsp3) is 0.645. The first-order valence-corrected chi connectivity index (χ1v) is 14.9. The molecule has 5 rings (SSSR count). The number of hydrogen-bond acceptors (Lipinski definition) is 8. The highest BCUT2D eigenvalue weighted by Crippen LogP contribution is 2.32. The molecule has 2 atom stereocenters. The summed E-state index contributed by atoms with van der Waals surface area (Å²) in [6, 6.07) is 11.6. The van der Waals surface area contributed by atoms with Crippen molar-refractivity contribution in [3.8, 4) is 6.01 Å². The first-order chi connectivity index (χ1) is 19.2. The van der Waals surface area contributed by atoms with Crippen LogP contribution < -0.4 is 9.64 Å². The third kappa shape index (κ3) is 7.04. The molecule has 3 aliphatic rings. The van der Waals surface area contributed by atoms with E-state index in [0.29, 0.717) is 38.3 Å². The Bertz CT molecular complexity index is 1150. The number of rotatable bonds is 6. The summed E-state index contributed by atoms with van der Waals surface area (Å²) in [4.78, 5) is 31.9. The first-order valence-electron chi connectivity index (χ1n) is 14.9. The zero-order valence-electron chi connectivity index (χ0n) is 24.9. The molecule has 9 nitrogen and oxygen atoms in total. The summed E-state index contributed by atoms with van der Waals surface area (Å²) >= 11 is 0. The van der Waals surface area contributed by atoms with Crippen molar-refractivity contribution >= 4 is 11.9 Å². The maximum absolute atomic E-state index is 12.8. The fourth-order valence-corrected chi connectivity index (χ4v) is 6.06. The van der Waals surface area contributed by atoms with E-state index in [1.807, 2.05) is 25.7 Å². The summed E-state index contributed by atoms with van der Waals surface area (Å²) in [6.07, 6.45) is 4.08. The second kappa shape index (κ2) is 12.3. The van der Waals surface area contributed by atoms with E-state index in [0.717, 1.165) is 57.0 Å². The lowest BCUT2D eigenvalue weighted by atomic mass is 10.1. The van der Waals surface area contributed by atoms with Crippen LogP contribution in [0.25, 0.3) is 0 Å². The normalized spacial score (nSPS) is 22.6. The average molecular weight is 551 g/mol. The smallest absolute Gasteiger partial charge is 0.410 e. The zero-order valence-corrected chi connectivity index (χ0v) is 24.9. The van der Waals surface area contributed by atoms with E-state index in [4.69, 9.17) is 19.4 Å². The van der Waals surface area contributed by atoms with Gasteiger partial charge in [-0.15, -0.1) is 0 Å². The number of likely N-dealkylation sites (N-methyl/N-ethyl adjacent to an activating group) is 1. The predicted molar refractivity (Wildman–Crippen MR) is 157 cm³/mol. The number of carbonyl (C=O) groups is 1. The van der Waals surface area contributed by atoms with Crippen LogP contribution in [0.3, 0.4) is 0 Å². The Morgan fingerprint density at radius 3 is 2.55 bits per heavy atom. The van der Waals surface area contributed by atoms with E-state index in [1.54, 1.807) is 0 Å². The SMILES string of the molecule is C[C@H]1CN(C(=O)OC(C)(C)C)CCN1c1nc(OC[C@@H]2CCCN2C)nc2c1CCCN(Cc1ccccc1)C2. The van der Waals surface area contributed by atoms with Crippen LogP contribution >= 0.6 is 0 Å². The molecule has 1 amide bonds. The highest BCUT2D eigenvalue weighted by Gasteiger charge is 2.33. The molecule has 0 N–H and O–H groups in total. The van der Waals surface area contributed by atoms with Gasteiger partial charge in [0.2, 0.25) is 0 Å². The Kier molecular flexibility index (Phi) is 8.80. The third-order valence-corrected chi connectivity index (χ3v) is 8.20. The van der Waals surface area contributed by atoms with Gasteiger partial charge in [-0.05, 0) is 79.1 Å². The van der Waals surface area contributed by atoms with Gasteiger partial charge in [-0.3, -0.25) is 4.90 Å². The number of fused-ring (bicyclic) bond motifs is 1. The Hall–Kier alpha value is -2.91. The quantitative estimate of drug-likeness (QED) is 0.526. The number of ether oxygens (including phenoxy) is 2. The van der Waals surface area contributed by atoms with Crippen LogP contribution in [-0.2, 0) is 24.2 Å². The van der Waals surface area contributed by atoms with Crippen molar-refractivity contribution in [2.24, 2.45) is 0 Å². The van der Waals surface area contributed by atoms with Gasteiger partial charge in [0.05, 0.1) is 5.69 Å². The lowest BCUT2D eigenvalue weighted by Gasteiger charge is -2.41. The molecule has 1 aromatic heterocycles. The number of carbonyl (C=O) groups excluding carboxylic acids is 1. The number of nitrogens with zero attached hydrogens (tertiary/aromatic N) is 6. The van der Waals surface area contributed by atoms with Crippen molar-refractivity contribution in [2.75, 3.05) is 51.3 Å². The van der Waals surface area contributed by atoms with Gasteiger partial charge in [0.1, 0.15) is 18.0 Å². The van der Waals surface area contributed by atoms with Crippen molar-refractivity contribution in [2.45, 2.75) is 84.2 Å². The molecule has 0 radical (unpaired) electrons. The topological polar surface area (TPSA) is 74.3 Å². The molecule has 2 saturated heterocycles. The number of likely N-dealkylation sites (tertiary alicyclic amines) is 1. The van der Waals surface area contributed by atoms with Crippen molar-refractivity contribution in [3.63, 3.8) is 0 Å². The van der Waals surface area contributed by atoms with Crippen LogP contribution in [-0.4, -0.2) is 94.8 Å².